The highest BCUT2D eigenvalue weighted by molar-refractivity contribution is 5.97. The highest BCUT2D eigenvalue weighted by Gasteiger charge is 2.15. The van der Waals surface area contributed by atoms with E-state index in [0.717, 1.165) is 5.69 Å². The van der Waals surface area contributed by atoms with Crippen molar-refractivity contribution in [3.05, 3.63) is 53.3 Å². The lowest BCUT2D eigenvalue weighted by molar-refractivity contribution is 0.0914. The molecule has 104 valence electrons. The first kappa shape index (κ1) is 14.0. The van der Waals surface area contributed by atoms with E-state index >= 15 is 0 Å². The number of hydrogen-bond donors (Lipinski definition) is 2. The number of carbonyl (C=O) groups excluding carboxylic acids is 2. The van der Waals surface area contributed by atoms with Crippen LogP contribution < -0.4 is 5.32 Å². The van der Waals surface area contributed by atoms with Gasteiger partial charge in [-0.15, -0.1) is 0 Å². The third-order valence-electron chi connectivity index (χ3n) is 2.90. The van der Waals surface area contributed by atoms with Gasteiger partial charge in [0.2, 0.25) is 0 Å². The monoisotopic (exact) mass is 271 g/mol. The van der Waals surface area contributed by atoms with E-state index in [4.69, 9.17) is 0 Å². The van der Waals surface area contributed by atoms with Crippen LogP contribution in [0.25, 0.3) is 0 Å². The Morgan fingerprint density at radius 2 is 2.00 bits per heavy atom. The molecule has 1 aromatic carbocycles. The van der Waals surface area contributed by atoms with E-state index in [1.54, 1.807) is 25.1 Å². The Labute approximate surface area is 117 Å². The van der Waals surface area contributed by atoms with Gasteiger partial charge < -0.3 is 5.32 Å². The average molecular weight is 271 g/mol. The molecule has 0 bridgehead atoms. The summed E-state index contributed by atoms with van der Waals surface area (Å²) < 4.78 is 0. The summed E-state index contributed by atoms with van der Waals surface area (Å²) in [5, 5.41) is 9.36. The highest BCUT2D eigenvalue weighted by Crippen LogP contribution is 2.06. The number of benzene rings is 1. The quantitative estimate of drug-likeness (QED) is 0.818. The van der Waals surface area contributed by atoms with Crippen LogP contribution in [0, 0.1) is 6.92 Å². The molecule has 1 atom stereocenters. The lowest BCUT2D eigenvalue weighted by Crippen LogP contribution is -2.34. The number of H-pyrrole nitrogens is 1. The van der Waals surface area contributed by atoms with Crippen LogP contribution in [-0.2, 0) is 0 Å². The molecule has 20 heavy (non-hydrogen) atoms. The maximum absolute atomic E-state index is 12.0. The second kappa shape index (κ2) is 6.14. The molecule has 2 aromatic rings. The Kier molecular flexibility index (Phi) is 4.30. The van der Waals surface area contributed by atoms with Crippen LogP contribution in [0.1, 0.15) is 39.9 Å². The number of hydrogen-bond acceptors (Lipinski definition) is 3. The van der Waals surface area contributed by atoms with Crippen molar-refractivity contribution in [3.63, 3.8) is 0 Å². The minimum absolute atomic E-state index is 0.0107. The van der Waals surface area contributed by atoms with E-state index in [0.29, 0.717) is 11.3 Å². The fraction of sp³-hybridized carbons (Fsp3) is 0.267. The van der Waals surface area contributed by atoms with E-state index in [-0.39, 0.29) is 24.2 Å². The molecular formula is C15H17N3O2. The van der Waals surface area contributed by atoms with Crippen molar-refractivity contribution >= 4 is 11.7 Å². The molecule has 0 fully saturated rings. The first-order chi connectivity index (χ1) is 9.56. The first-order valence-electron chi connectivity index (χ1n) is 6.47. The van der Waals surface area contributed by atoms with E-state index in [1.165, 1.54) is 0 Å². The minimum Gasteiger partial charge on any atom is -0.348 e. The van der Waals surface area contributed by atoms with Crippen LogP contribution in [0.5, 0.6) is 0 Å². The van der Waals surface area contributed by atoms with Crippen LogP contribution in [0.2, 0.25) is 0 Å². The molecule has 0 saturated carbocycles. The lowest BCUT2D eigenvalue weighted by atomic mass is 10.0. The Morgan fingerprint density at radius 3 is 2.60 bits per heavy atom. The molecule has 1 aromatic heterocycles. The number of Topliss-reactive ketones (excluding diaryl/α,β-unsaturated/α-hetero) is 1. The van der Waals surface area contributed by atoms with Gasteiger partial charge >= 0.3 is 0 Å². The van der Waals surface area contributed by atoms with E-state index in [9.17, 15) is 9.59 Å². The Hall–Kier alpha value is -2.43. The van der Waals surface area contributed by atoms with Gasteiger partial charge in [0.1, 0.15) is 5.69 Å². The van der Waals surface area contributed by atoms with E-state index in [1.807, 2.05) is 25.1 Å². The van der Waals surface area contributed by atoms with Gasteiger partial charge in [0.05, 0.1) is 0 Å². The van der Waals surface area contributed by atoms with Gasteiger partial charge in [-0.3, -0.25) is 14.7 Å². The summed E-state index contributed by atoms with van der Waals surface area (Å²) in [5.41, 5.74) is 1.81. The minimum atomic E-state index is -0.275. The second-order valence-electron chi connectivity index (χ2n) is 4.80. The third kappa shape index (κ3) is 3.54. The van der Waals surface area contributed by atoms with Gasteiger partial charge in [0.25, 0.3) is 5.91 Å². The zero-order chi connectivity index (χ0) is 14.5. The van der Waals surface area contributed by atoms with Gasteiger partial charge in [-0.1, -0.05) is 30.3 Å². The molecule has 0 aliphatic carbocycles. The molecule has 0 aliphatic heterocycles. The molecule has 0 aliphatic rings. The third-order valence-corrected chi connectivity index (χ3v) is 2.90. The normalized spacial score (nSPS) is 11.9. The summed E-state index contributed by atoms with van der Waals surface area (Å²) in [6, 6.07) is 10.5. The number of aromatic nitrogens is 2. The van der Waals surface area contributed by atoms with Crippen molar-refractivity contribution in [2.45, 2.75) is 26.3 Å². The highest BCUT2D eigenvalue weighted by atomic mass is 16.2. The van der Waals surface area contributed by atoms with Gasteiger partial charge in [-0.25, -0.2) is 0 Å². The molecule has 0 radical (unpaired) electrons. The predicted octanol–water partition coefficient (Wildman–Crippen LogP) is 2.11. The maximum atomic E-state index is 12.0. The van der Waals surface area contributed by atoms with Crippen molar-refractivity contribution in [2.24, 2.45) is 0 Å². The summed E-state index contributed by atoms with van der Waals surface area (Å²) in [6.07, 6.45) is 0.263. The lowest BCUT2D eigenvalue weighted by Gasteiger charge is -2.12. The number of amides is 1. The summed E-state index contributed by atoms with van der Waals surface area (Å²) in [5.74, 6) is -0.265. The van der Waals surface area contributed by atoms with Crippen LogP contribution in [0.15, 0.2) is 36.4 Å². The van der Waals surface area contributed by atoms with Crippen LogP contribution in [-0.4, -0.2) is 27.9 Å². The zero-order valence-electron chi connectivity index (χ0n) is 11.5. The van der Waals surface area contributed by atoms with Crippen molar-refractivity contribution < 1.29 is 9.59 Å². The van der Waals surface area contributed by atoms with Gasteiger partial charge in [-0.05, 0) is 19.9 Å². The maximum Gasteiger partial charge on any atom is 0.271 e. The Morgan fingerprint density at radius 1 is 1.30 bits per heavy atom. The standard InChI is InChI=1S/C15H17N3O2/c1-10(9-14(19)12-6-4-3-5-7-12)16-15(20)13-8-11(2)17-18-13/h3-8,10H,9H2,1-2H3,(H,16,20)(H,17,18)/t10-/m1/s1. The summed E-state index contributed by atoms with van der Waals surface area (Å²) in [7, 11) is 0. The Bertz CT molecular complexity index is 605. The molecule has 1 heterocycles. The van der Waals surface area contributed by atoms with Gasteiger partial charge in [0.15, 0.2) is 5.78 Å². The molecule has 1 amide bonds. The topological polar surface area (TPSA) is 74.8 Å². The van der Waals surface area contributed by atoms with E-state index in [2.05, 4.69) is 15.5 Å². The Balaban J connectivity index is 1.91. The molecular weight excluding hydrogens is 254 g/mol. The zero-order valence-corrected chi connectivity index (χ0v) is 11.5. The van der Waals surface area contributed by atoms with E-state index < -0.39 is 0 Å². The fourth-order valence-electron chi connectivity index (χ4n) is 1.90. The number of aryl methyl sites for hydroxylation is 1. The van der Waals surface area contributed by atoms with Crippen molar-refractivity contribution in [2.75, 3.05) is 0 Å². The van der Waals surface area contributed by atoms with Crippen LogP contribution in [0.4, 0.5) is 0 Å². The van der Waals surface area contributed by atoms with Crippen molar-refractivity contribution in [1.82, 2.24) is 15.5 Å². The first-order valence-corrected chi connectivity index (χ1v) is 6.47. The van der Waals surface area contributed by atoms with Crippen molar-refractivity contribution in [3.8, 4) is 0 Å². The molecule has 2 N–H and O–H groups in total. The molecule has 5 heteroatoms. The number of aromatic amines is 1. The van der Waals surface area contributed by atoms with Crippen LogP contribution >= 0.6 is 0 Å². The summed E-state index contributed by atoms with van der Waals surface area (Å²) in [6.45, 7) is 3.63. The molecule has 0 saturated heterocycles. The van der Waals surface area contributed by atoms with Crippen LogP contribution in [0.3, 0.4) is 0 Å². The molecule has 0 unspecified atom stereocenters. The largest absolute Gasteiger partial charge is 0.348 e. The number of nitrogens with one attached hydrogen (secondary N) is 2. The van der Waals surface area contributed by atoms with Crippen molar-refractivity contribution in [1.29, 1.82) is 0 Å². The SMILES string of the molecule is Cc1cc(C(=O)N[C@H](C)CC(=O)c2ccccc2)n[nH]1. The number of ketones is 1. The number of nitrogens with zero attached hydrogens (tertiary/aromatic N) is 1. The fourth-order valence-corrected chi connectivity index (χ4v) is 1.90. The second-order valence-corrected chi connectivity index (χ2v) is 4.80. The average Bonchev–Trinajstić information content (AvgIpc) is 2.86. The van der Waals surface area contributed by atoms with Gasteiger partial charge in [-0.2, -0.15) is 5.10 Å². The predicted molar refractivity (Wildman–Crippen MR) is 75.6 cm³/mol. The summed E-state index contributed by atoms with van der Waals surface area (Å²) >= 11 is 0. The molecule has 5 nitrogen and oxygen atoms in total. The summed E-state index contributed by atoms with van der Waals surface area (Å²) in [4.78, 5) is 23.9. The number of rotatable bonds is 5. The molecule has 0 spiro atoms. The smallest absolute Gasteiger partial charge is 0.271 e. The molecule has 2 rings (SSSR count). The van der Waals surface area contributed by atoms with Gasteiger partial charge in [0, 0.05) is 23.7 Å². The number of carbonyl (C=O) groups is 2.